The maximum atomic E-state index is 12.0. The average molecular weight is 299 g/mol. The van der Waals surface area contributed by atoms with Crippen LogP contribution in [0.25, 0.3) is 0 Å². The molecule has 3 rings (SSSR count). The number of rotatable bonds is 2. The first-order valence-corrected chi connectivity index (χ1v) is 9.01. The smallest absolute Gasteiger partial charge is 0.192 e. The summed E-state index contributed by atoms with van der Waals surface area (Å²) in [5.41, 5.74) is 5.56. The summed E-state index contributed by atoms with van der Waals surface area (Å²) in [5, 5.41) is 2.02. The minimum absolute atomic E-state index is 0.176. The van der Waals surface area contributed by atoms with Gasteiger partial charge in [-0.15, -0.1) is 11.3 Å². The first kappa shape index (κ1) is 12.9. The van der Waals surface area contributed by atoms with E-state index < -0.39 is 15.4 Å². The highest BCUT2D eigenvalue weighted by Gasteiger charge is 2.47. The Morgan fingerprint density at radius 1 is 1.53 bits per heavy atom. The van der Waals surface area contributed by atoms with Crippen molar-refractivity contribution < 1.29 is 8.42 Å². The Bertz CT molecular complexity index is 595. The van der Waals surface area contributed by atoms with Crippen LogP contribution in [0.15, 0.2) is 22.5 Å². The van der Waals surface area contributed by atoms with Gasteiger partial charge in [-0.05, 0) is 24.3 Å². The number of sulfone groups is 1. The Hall–Kier alpha value is -1.08. The molecule has 5 nitrogen and oxygen atoms in total. The summed E-state index contributed by atoms with van der Waals surface area (Å²) < 4.78 is 23.9. The molecule has 0 radical (unpaired) electrons. The molecule has 1 aromatic heterocycles. The Morgan fingerprint density at radius 2 is 2.37 bits per heavy atom. The monoisotopic (exact) mass is 299 g/mol. The topological polar surface area (TPSA) is 75.8 Å². The van der Waals surface area contributed by atoms with Crippen molar-refractivity contribution in [3.8, 4) is 0 Å². The lowest BCUT2D eigenvalue weighted by Crippen LogP contribution is -2.57. The molecule has 1 fully saturated rings. The van der Waals surface area contributed by atoms with Crippen molar-refractivity contribution in [1.29, 1.82) is 0 Å². The van der Waals surface area contributed by atoms with Gasteiger partial charge in [-0.3, -0.25) is 4.99 Å². The fourth-order valence-electron chi connectivity index (χ4n) is 2.96. The molecular formula is C12H17N3O2S2. The largest absolute Gasteiger partial charge is 0.370 e. The molecule has 1 aromatic rings. The first-order valence-electron chi connectivity index (χ1n) is 6.31. The SMILES string of the molecule is NC1=NCC2(CCCS(=O)(=O)C2)N1Cc1cccs1. The quantitative estimate of drug-likeness (QED) is 0.877. The predicted molar refractivity (Wildman–Crippen MR) is 77.0 cm³/mol. The molecule has 104 valence electrons. The number of hydrogen-bond donors (Lipinski definition) is 1. The molecule has 0 saturated carbocycles. The van der Waals surface area contributed by atoms with Gasteiger partial charge in [-0.2, -0.15) is 0 Å². The lowest BCUT2D eigenvalue weighted by Gasteiger charge is -2.41. The highest BCUT2D eigenvalue weighted by atomic mass is 32.2. The minimum atomic E-state index is -2.98. The van der Waals surface area contributed by atoms with E-state index in [1.165, 1.54) is 4.88 Å². The van der Waals surface area contributed by atoms with Gasteiger partial charge < -0.3 is 10.6 Å². The molecule has 7 heteroatoms. The second-order valence-electron chi connectivity index (χ2n) is 5.26. The van der Waals surface area contributed by atoms with Crippen LogP contribution in [-0.4, -0.2) is 42.9 Å². The van der Waals surface area contributed by atoms with Crippen LogP contribution in [0.1, 0.15) is 17.7 Å². The van der Waals surface area contributed by atoms with E-state index >= 15 is 0 Å². The number of hydrogen-bond acceptors (Lipinski definition) is 6. The van der Waals surface area contributed by atoms with E-state index in [0.29, 0.717) is 31.2 Å². The number of thiophene rings is 1. The normalized spacial score (nSPS) is 29.7. The zero-order valence-corrected chi connectivity index (χ0v) is 12.2. The standard InChI is InChI=1S/C12H17N3O2S2/c13-11-14-8-12(4-2-6-19(16,17)9-12)15(11)7-10-3-1-5-18-10/h1,3,5H,2,4,6-9H2,(H2,13,14). The molecule has 0 bridgehead atoms. The van der Waals surface area contributed by atoms with E-state index in [1.54, 1.807) is 11.3 Å². The van der Waals surface area contributed by atoms with Crippen molar-refractivity contribution in [1.82, 2.24) is 4.90 Å². The molecule has 3 heterocycles. The Kier molecular flexibility index (Phi) is 3.05. The van der Waals surface area contributed by atoms with Crippen LogP contribution in [0.5, 0.6) is 0 Å². The van der Waals surface area contributed by atoms with Gasteiger partial charge in [0, 0.05) is 4.88 Å². The fraction of sp³-hybridized carbons (Fsp3) is 0.583. The van der Waals surface area contributed by atoms with Crippen LogP contribution >= 0.6 is 11.3 Å². The summed E-state index contributed by atoms with van der Waals surface area (Å²) in [6.07, 6.45) is 1.55. The average Bonchev–Trinajstić information content (AvgIpc) is 2.93. The molecule has 1 atom stereocenters. The van der Waals surface area contributed by atoms with E-state index in [1.807, 2.05) is 22.4 Å². The van der Waals surface area contributed by atoms with Gasteiger partial charge >= 0.3 is 0 Å². The third-order valence-electron chi connectivity index (χ3n) is 3.86. The van der Waals surface area contributed by atoms with E-state index in [0.717, 1.165) is 6.42 Å². The fourth-order valence-corrected chi connectivity index (χ4v) is 5.59. The number of guanidine groups is 1. The summed E-state index contributed by atoms with van der Waals surface area (Å²) in [6.45, 7) is 1.16. The maximum Gasteiger partial charge on any atom is 0.192 e. The Labute approximate surface area is 117 Å². The highest BCUT2D eigenvalue weighted by molar-refractivity contribution is 7.91. The second kappa shape index (κ2) is 4.49. The summed E-state index contributed by atoms with van der Waals surface area (Å²) in [4.78, 5) is 7.48. The summed E-state index contributed by atoms with van der Waals surface area (Å²) in [5.74, 6) is 0.947. The van der Waals surface area contributed by atoms with Gasteiger partial charge in [0.2, 0.25) is 0 Å². The van der Waals surface area contributed by atoms with Crippen molar-refractivity contribution in [2.24, 2.45) is 10.7 Å². The molecule has 2 N–H and O–H groups in total. The molecule has 0 aliphatic carbocycles. The van der Waals surface area contributed by atoms with Crippen molar-refractivity contribution in [3.05, 3.63) is 22.4 Å². The van der Waals surface area contributed by atoms with Gasteiger partial charge in [-0.1, -0.05) is 6.07 Å². The Morgan fingerprint density at radius 3 is 3.05 bits per heavy atom. The van der Waals surface area contributed by atoms with Crippen molar-refractivity contribution >= 4 is 27.1 Å². The highest BCUT2D eigenvalue weighted by Crippen LogP contribution is 2.34. The molecule has 0 amide bonds. The number of aliphatic imine (C=N–C) groups is 1. The van der Waals surface area contributed by atoms with Crippen LogP contribution < -0.4 is 5.73 Å². The third kappa shape index (κ3) is 2.36. The van der Waals surface area contributed by atoms with Crippen LogP contribution in [0.3, 0.4) is 0 Å². The summed E-state index contributed by atoms with van der Waals surface area (Å²) in [7, 11) is -2.98. The van der Waals surface area contributed by atoms with Crippen LogP contribution in [-0.2, 0) is 16.4 Å². The van der Waals surface area contributed by atoms with E-state index in [-0.39, 0.29) is 5.75 Å². The molecular weight excluding hydrogens is 282 g/mol. The van der Waals surface area contributed by atoms with E-state index in [2.05, 4.69) is 4.99 Å². The van der Waals surface area contributed by atoms with Gasteiger partial charge in [-0.25, -0.2) is 8.42 Å². The first-order chi connectivity index (χ1) is 9.01. The molecule has 2 aliphatic heterocycles. The lowest BCUT2D eigenvalue weighted by molar-refractivity contribution is 0.198. The van der Waals surface area contributed by atoms with Gasteiger partial charge in [0.25, 0.3) is 0 Å². The summed E-state index contributed by atoms with van der Waals surface area (Å²) >= 11 is 1.66. The zero-order valence-electron chi connectivity index (χ0n) is 10.6. The van der Waals surface area contributed by atoms with Crippen molar-refractivity contribution in [2.75, 3.05) is 18.1 Å². The maximum absolute atomic E-state index is 12.0. The molecule has 1 saturated heterocycles. The Balaban J connectivity index is 1.88. The van der Waals surface area contributed by atoms with Crippen LogP contribution in [0.2, 0.25) is 0 Å². The lowest BCUT2D eigenvalue weighted by atomic mass is 9.94. The summed E-state index contributed by atoms with van der Waals surface area (Å²) in [6, 6.07) is 4.04. The molecule has 1 unspecified atom stereocenters. The molecule has 0 aromatic carbocycles. The van der Waals surface area contributed by atoms with Crippen molar-refractivity contribution in [2.45, 2.75) is 24.9 Å². The molecule has 2 aliphatic rings. The van der Waals surface area contributed by atoms with Crippen LogP contribution in [0, 0.1) is 0 Å². The molecule has 19 heavy (non-hydrogen) atoms. The van der Waals surface area contributed by atoms with Crippen LogP contribution in [0.4, 0.5) is 0 Å². The number of nitrogens with zero attached hydrogens (tertiary/aromatic N) is 2. The van der Waals surface area contributed by atoms with Gasteiger partial charge in [0.05, 0.1) is 30.1 Å². The third-order valence-corrected chi connectivity index (χ3v) is 6.61. The zero-order chi connectivity index (χ0) is 13.5. The van der Waals surface area contributed by atoms with Gasteiger partial charge in [0.1, 0.15) is 0 Å². The second-order valence-corrected chi connectivity index (χ2v) is 8.48. The minimum Gasteiger partial charge on any atom is -0.370 e. The number of nitrogens with two attached hydrogens (primary N) is 1. The molecule has 1 spiro atoms. The predicted octanol–water partition coefficient (Wildman–Crippen LogP) is 0.826. The van der Waals surface area contributed by atoms with Crippen molar-refractivity contribution in [3.63, 3.8) is 0 Å². The van der Waals surface area contributed by atoms with E-state index in [4.69, 9.17) is 5.73 Å². The van der Waals surface area contributed by atoms with Gasteiger partial charge in [0.15, 0.2) is 15.8 Å². The van der Waals surface area contributed by atoms with E-state index in [9.17, 15) is 8.42 Å².